The average Bonchev–Trinajstić information content (AvgIpc) is 0.873. The first-order valence-electron chi connectivity index (χ1n) is 35.9. The number of guanidine groups is 3. The zero-order chi connectivity index (χ0) is 79.8. The van der Waals surface area contributed by atoms with E-state index in [-0.39, 0.29) is 100 Å². The highest BCUT2D eigenvalue weighted by molar-refractivity contribution is 5.94. The summed E-state index contributed by atoms with van der Waals surface area (Å²) < 4.78 is 95.2. The fraction of sp³-hybridized carbons (Fsp3) is 0.803. The van der Waals surface area contributed by atoms with Crippen LogP contribution < -0.4 is 66.7 Å². The molecule has 22 N–H and O–H groups in total. The third kappa shape index (κ3) is 69.6. The van der Waals surface area contributed by atoms with E-state index in [4.69, 9.17) is 69.8 Å². The normalized spacial score (nSPS) is 11.9. The summed E-state index contributed by atoms with van der Waals surface area (Å²) in [4.78, 5) is 133. The van der Waals surface area contributed by atoms with E-state index in [1.807, 2.05) is 0 Å². The van der Waals surface area contributed by atoms with Crippen molar-refractivity contribution in [3.8, 4) is 0 Å². The van der Waals surface area contributed by atoms with Gasteiger partial charge in [0.2, 0.25) is 41.4 Å². The number of carbonyl (C=O) groups excluding carboxylic acids is 7. The third-order valence-electron chi connectivity index (χ3n) is 15.3. The van der Waals surface area contributed by atoms with Crippen molar-refractivity contribution < 1.29 is 103 Å². The molecule has 0 rings (SSSR count). The van der Waals surface area contributed by atoms with Crippen molar-refractivity contribution >= 4 is 77.1 Å². The Hall–Kier alpha value is -8.12. The second kappa shape index (κ2) is 64.5. The minimum Gasteiger partial charge on any atom is -0.475 e. The van der Waals surface area contributed by atoms with Gasteiger partial charge in [-0.25, -0.2) is 14.4 Å². The minimum absolute atomic E-state index is 0.0190. The molecule has 0 aromatic heterocycles. The summed E-state index contributed by atoms with van der Waals surface area (Å²) >= 11 is 0. The molecule has 0 aliphatic carbocycles. The van der Waals surface area contributed by atoms with Gasteiger partial charge in [-0.2, -0.15) is 39.5 Å². The first-order chi connectivity index (χ1) is 48.8. The van der Waals surface area contributed by atoms with Crippen molar-refractivity contribution in [2.24, 2.45) is 55.1 Å². The first-order valence-corrected chi connectivity index (χ1v) is 35.9. The molecule has 606 valence electrons. The molecule has 0 spiro atoms. The molecule has 0 bridgehead atoms. The fourth-order valence-electron chi connectivity index (χ4n) is 9.66. The monoisotopic (exact) mass is 1520 g/mol. The van der Waals surface area contributed by atoms with Crippen molar-refractivity contribution in [2.45, 2.75) is 294 Å². The molecule has 0 aliphatic heterocycles. The van der Waals surface area contributed by atoms with E-state index in [9.17, 15) is 73.1 Å². The molecule has 29 nitrogen and oxygen atoms in total. The van der Waals surface area contributed by atoms with Crippen LogP contribution in [0.5, 0.6) is 0 Å². The van der Waals surface area contributed by atoms with Crippen molar-refractivity contribution in [3.05, 3.63) is 0 Å². The number of hydrogen-bond acceptors (Lipinski definition) is 13. The molecule has 0 saturated carbocycles. The fourth-order valence-corrected chi connectivity index (χ4v) is 9.66. The second-order valence-electron chi connectivity index (χ2n) is 24.7. The van der Waals surface area contributed by atoms with E-state index in [0.717, 1.165) is 38.5 Å². The van der Waals surface area contributed by atoms with Gasteiger partial charge in [-0.05, 0) is 64.2 Å². The number of aliphatic imine (C=N–C) groups is 3. The Morgan fingerprint density at radius 3 is 0.875 bits per heavy atom. The number of nitrogens with zero attached hydrogens (tertiary/aromatic N) is 4. The standard InChI is InChI=1S/C60H118N16O7.3C2HF3O2/c1-3-5-7-9-11-13-15-17-19-21-23-25-27-37-51(77)68-44-32-46-76(47-33-45-69-52(78)38-28-26-24-22-20-18-16-14-12-10-8-6-4-2)54(80)40-39-53(79)73-49(35-30-42-71-59(64)65)56(82)75-50(36-31-43-72-60(66)67)57(83)74-48(55(61)81)34-29-41-70-58(62)63;3*3-2(4,5)1(6)7/h48-50H,3-47H2,1-2H3,(H2,61,81)(H,68,77)(H,69,78)(H,73,79)(H,74,83)(H,75,82)(H4,62,63,70)(H4,64,65,71)(H4,66,67,72);3*(H,6,7)/t48-,49-,50-;;;/m0.../s1. The van der Waals surface area contributed by atoms with Gasteiger partial charge in [-0.15, -0.1) is 0 Å². The van der Waals surface area contributed by atoms with Crippen LogP contribution in [0.1, 0.15) is 258 Å². The zero-order valence-corrected chi connectivity index (χ0v) is 60.7. The highest BCUT2D eigenvalue weighted by Crippen LogP contribution is 2.18. The maximum atomic E-state index is 14.0. The van der Waals surface area contributed by atoms with Crippen LogP contribution in [-0.4, -0.2) is 180 Å². The summed E-state index contributed by atoms with van der Waals surface area (Å²) in [6.45, 7) is 6.34. The van der Waals surface area contributed by atoms with E-state index in [2.05, 4.69) is 55.4 Å². The van der Waals surface area contributed by atoms with E-state index < -0.39 is 78.2 Å². The van der Waals surface area contributed by atoms with Crippen LogP contribution in [0.3, 0.4) is 0 Å². The van der Waals surface area contributed by atoms with Crippen molar-refractivity contribution in [1.29, 1.82) is 0 Å². The Morgan fingerprint density at radius 1 is 0.346 bits per heavy atom. The van der Waals surface area contributed by atoms with Gasteiger partial charge in [0.05, 0.1) is 0 Å². The molecule has 38 heteroatoms. The quantitative estimate of drug-likeness (QED) is 0.0121. The number of carbonyl (C=O) groups is 10. The predicted molar refractivity (Wildman–Crippen MR) is 377 cm³/mol. The van der Waals surface area contributed by atoms with Gasteiger partial charge in [0.1, 0.15) is 18.1 Å². The number of unbranched alkanes of at least 4 members (excludes halogenated alkanes) is 24. The Kier molecular flexibility index (Phi) is 63.4. The first kappa shape index (κ1) is 102. The summed E-state index contributed by atoms with van der Waals surface area (Å²) in [6.07, 6.45) is 19.2. The lowest BCUT2D eigenvalue weighted by Crippen LogP contribution is -2.56. The molecule has 3 atom stereocenters. The third-order valence-corrected chi connectivity index (χ3v) is 15.3. The smallest absolute Gasteiger partial charge is 0.475 e. The maximum Gasteiger partial charge on any atom is 0.490 e. The van der Waals surface area contributed by atoms with Crippen LogP contribution in [0.15, 0.2) is 15.0 Å². The predicted octanol–water partition coefficient (Wildman–Crippen LogP) is 7.57. The Labute approximate surface area is 605 Å². The lowest BCUT2D eigenvalue weighted by Gasteiger charge is -2.25. The molecule has 0 aromatic carbocycles. The van der Waals surface area contributed by atoms with Gasteiger partial charge in [-0.3, -0.25) is 48.5 Å². The van der Waals surface area contributed by atoms with Crippen LogP contribution in [-0.2, 0) is 47.9 Å². The maximum absolute atomic E-state index is 14.0. The van der Waals surface area contributed by atoms with E-state index in [1.165, 1.54) is 128 Å². The van der Waals surface area contributed by atoms with Gasteiger partial charge in [0.25, 0.3) is 0 Å². The van der Waals surface area contributed by atoms with Crippen molar-refractivity contribution in [1.82, 2.24) is 31.5 Å². The number of aliphatic carboxylic acids is 3. The molecule has 0 heterocycles. The lowest BCUT2D eigenvalue weighted by molar-refractivity contribution is -0.193. The van der Waals surface area contributed by atoms with E-state index >= 15 is 0 Å². The highest BCUT2D eigenvalue weighted by Gasteiger charge is 2.40. The number of carboxylic acids is 3. The zero-order valence-electron chi connectivity index (χ0n) is 60.7. The summed E-state index contributed by atoms with van der Waals surface area (Å²) in [5.41, 5.74) is 38.5. The van der Waals surface area contributed by atoms with Gasteiger partial charge < -0.3 is 86.9 Å². The molecule has 0 fully saturated rings. The van der Waals surface area contributed by atoms with Crippen LogP contribution in [0.4, 0.5) is 39.5 Å². The van der Waals surface area contributed by atoms with Gasteiger partial charge >= 0.3 is 36.4 Å². The second-order valence-corrected chi connectivity index (χ2v) is 24.7. The van der Waals surface area contributed by atoms with Gasteiger partial charge in [-0.1, -0.05) is 168 Å². The molecule has 0 aromatic rings. The van der Waals surface area contributed by atoms with Crippen molar-refractivity contribution in [3.63, 3.8) is 0 Å². The number of carboxylic acid groups (broad SMARTS) is 3. The minimum atomic E-state index is -5.08. The molecular weight excluding hydrogens is 1400 g/mol. The topological polar surface area (TPSA) is 514 Å². The average molecular weight is 1520 g/mol. The molecule has 0 saturated heterocycles. The molecule has 104 heavy (non-hydrogen) atoms. The summed E-state index contributed by atoms with van der Waals surface area (Å²) in [6, 6.07) is -3.51. The molecular formula is C66H121F9N16O13. The van der Waals surface area contributed by atoms with Gasteiger partial charge in [0.15, 0.2) is 17.9 Å². The number of alkyl halides is 9. The van der Waals surface area contributed by atoms with Crippen LogP contribution in [0.2, 0.25) is 0 Å². The van der Waals surface area contributed by atoms with Crippen molar-refractivity contribution in [2.75, 3.05) is 45.8 Å². The molecule has 0 radical (unpaired) electrons. The number of hydrogen-bond donors (Lipinski definition) is 15. The Morgan fingerprint density at radius 2 is 0.606 bits per heavy atom. The Bertz CT molecular complexity index is 2360. The van der Waals surface area contributed by atoms with Gasteiger partial charge in [0, 0.05) is 71.5 Å². The number of nitrogens with two attached hydrogens (primary N) is 7. The summed E-state index contributed by atoms with van der Waals surface area (Å²) in [7, 11) is 0. The SMILES string of the molecule is CCCCCCCCCCCCCCCC(=O)NCCCN(CCCNC(=O)CCCCCCCCCCCCCCC)C(=O)CCC(=O)N[C@@H](CCCN=C(N)N)C(=O)N[C@@H](CCCN=C(N)N)C(=O)N[C@@H](CCCN=C(N)N)C(N)=O.O=C(O)C(F)(F)F.O=C(O)C(F)(F)F.O=C(O)C(F)(F)F. The van der Waals surface area contributed by atoms with Crippen LogP contribution in [0, 0.1) is 0 Å². The number of primary amides is 1. The summed E-state index contributed by atoms with van der Waals surface area (Å²) in [5.74, 6) is -11.9. The number of nitrogens with one attached hydrogen (secondary N) is 5. The number of amides is 7. The number of rotatable bonds is 57. The number of halogens is 9. The van der Waals surface area contributed by atoms with E-state index in [0.29, 0.717) is 58.3 Å². The highest BCUT2D eigenvalue weighted by atomic mass is 19.4. The lowest BCUT2D eigenvalue weighted by atomic mass is 10.0. The van der Waals surface area contributed by atoms with Crippen LogP contribution in [0.25, 0.3) is 0 Å². The molecule has 7 amide bonds. The molecule has 0 unspecified atom stereocenters. The Balaban J connectivity index is -0.00000205. The van der Waals surface area contributed by atoms with E-state index in [1.54, 1.807) is 4.90 Å². The summed E-state index contributed by atoms with van der Waals surface area (Å²) in [5, 5.41) is 35.4. The molecule has 0 aliphatic rings. The largest absolute Gasteiger partial charge is 0.490 e. The van der Waals surface area contributed by atoms with Crippen LogP contribution >= 0.6 is 0 Å².